The van der Waals surface area contributed by atoms with Crippen LogP contribution >= 0.6 is 0 Å². The van der Waals surface area contributed by atoms with Crippen LogP contribution in [0.3, 0.4) is 0 Å². The van der Waals surface area contributed by atoms with Gasteiger partial charge in [-0.25, -0.2) is 0 Å². The van der Waals surface area contributed by atoms with E-state index in [0.29, 0.717) is 27.1 Å². The zero-order chi connectivity index (χ0) is 21.7. The molecule has 0 aromatic heterocycles. The van der Waals surface area contributed by atoms with Gasteiger partial charge in [0.15, 0.2) is 0 Å². The van der Waals surface area contributed by atoms with E-state index in [1.54, 1.807) is 5.57 Å². The number of hydrogen-bond acceptors (Lipinski definition) is 0. The second kappa shape index (κ2) is 6.29. The lowest BCUT2D eigenvalue weighted by Gasteiger charge is -2.68. The maximum atomic E-state index is 2.76. The van der Waals surface area contributed by atoms with Crippen LogP contribution < -0.4 is 0 Å². The molecule has 0 spiro atoms. The summed E-state index contributed by atoms with van der Waals surface area (Å²) in [6.45, 7) is 20.9. The molecule has 0 aromatic carbocycles. The van der Waals surface area contributed by atoms with Crippen molar-refractivity contribution in [3.63, 3.8) is 0 Å². The quantitative estimate of drug-likeness (QED) is 0.406. The van der Waals surface area contributed by atoms with Gasteiger partial charge in [-0.3, -0.25) is 0 Å². The van der Waals surface area contributed by atoms with Gasteiger partial charge in [-0.1, -0.05) is 79.5 Å². The zero-order valence-corrected chi connectivity index (χ0v) is 21.3. The van der Waals surface area contributed by atoms with Crippen LogP contribution in [0.4, 0.5) is 0 Å². The Balaban J connectivity index is 1.63. The van der Waals surface area contributed by atoms with E-state index in [9.17, 15) is 0 Å². The summed E-state index contributed by atoms with van der Waals surface area (Å²) in [5, 5.41) is 0. The molecule has 5 aliphatic rings. The van der Waals surface area contributed by atoms with Gasteiger partial charge in [0.1, 0.15) is 0 Å². The Bertz CT molecular complexity index is 795. The van der Waals surface area contributed by atoms with Gasteiger partial charge >= 0.3 is 0 Å². The Morgan fingerprint density at radius 3 is 2.30 bits per heavy atom. The SMILES string of the molecule is CC(C)C1CCC2=C3C=CC4C5(C)CCCC(C)(C)C5CCC4(C)C3(C)CCC21C. The molecule has 3 fully saturated rings. The molecule has 5 rings (SSSR count). The molecule has 0 radical (unpaired) electrons. The zero-order valence-electron chi connectivity index (χ0n) is 21.3. The fourth-order valence-electron chi connectivity index (χ4n) is 10.7. The summed E-state index contributed by atoms with van der Waals surface area (Å²) in [5.41, 5.74) is 5.95. The molecule has 0 heteroatoms. The van der Waals surface area contributed by atoms with Crippen molar-refractivity contribution in [2.75, 3.05) is 0 Å². The fraction of sp³-hybridized carbons (Fsp3) is 0.867. The molecule has 30 heavy (non-hydrogen) atoms. The van der Waals surface area contributed by atoms with Crippen LogP contribution in [0, 0.1) is 50.7 Å². The van der Waals surface area contributed by atoms with Gasteiger partial charge in [0, 0.05) is 0 Å². The van der Waals surface area contributed by atoms with Gasteiger partial charge in [-0.15, -0.1) is 0 Å². The van der Waals surface area contributed by atoms with Gasteiger partial charge in [0.05, 0.1) is 0 Å². The lowest BCUT2D eigenvalue weighted by Crippen LogP contribution is -2.60. The Kier molecular flexibility index (Phi) is 4.47. The highest BCUT2D eigenvalue weighted by Gasteiger charge is 2.65. The third kappa shape index (κ3) is 2.41. The van der Waals surface area contributed by atoms with E-state index in [1.165, 1.54) is 57.8 Å². The second-order valence-electron chi connectivity index (χ2n) is 14.2. The van der Waals surface area contributed by atoms with Crippen molar-refractivity contribution < 1.29 is 0 Å². The summed E-state index contributed by atoms with van der Waals surface area (Å²) in [6.07, 6.45) is 18.3. The third-order valence-corrected chi connectivity index (χ3v) is 12.4. The summed E-state index contributed by atoms with van der Waals surface area (Å²) in [7, 11) is 0. The molecular formula is C30H48. The third-order valence-electron chi connectivity index (χ3n) is 12.4. The van der Waals surface area contributed by atoms with Crippen molar-refractivity contribution >= 4 is 0 Å². The van der Waals surface area contributed by atoms with Crippen LogP contribution in [-0.4, -0.2) is 0 Å². The number of fused-ring (bicyclic) bond motifs is 6. The average Bonchev–Trinajstić information content (AvgIpc) is 2.99. The Morgan fingerprint density at radius 2 is 1.60 bits per heavy atom. The summed E-state index contributed by atoms with van der Waals surface area (Å²) in [6, 6.07) is 0. The summed E-state index contributed by atoms with van der Waals surface area (Å²) < 4.78 is 0. The van der Waals surface area contributed by atoms with Crippen molar-refractivity contribution in [3.05, 3.63) is 23.3 Å². The average molecular weight is 409 g/mol. The minimum Gasteiger partial charge on any atom is -0.0800 e. The lowest BCUT2D eigenvalue weighted by atomic mass is 9.36. The first-order valence-electron chi connectivity index (χ1n) is 13.3. The number of hydrogen-bond donors (Lipinski definition) is 0. The molecular weight excluding hydrogens is 360 g/mol. The highest BCUT2D eigenvalue weighted by atomic mass is 14.7. The Morgan fingerprint density at radius 1 is 0.867 bits per heavy atom. The van der Waals surface area contributed by atoms with Crippen molar-refractivity contribution in [2.45, 2.75) is 113 Å². The van der Waals surface area contributed by atoms with Crippen LogP contribution in [0.1, 0.15) is 113 Å². The minimum absolute atomic E-state index is 0.378. The predicted molar refractivity (Wildman–Crippen MR) is 129 cm³/mol. The van der Waals surface area contributed by atoms with Gasteiger partial charge in [-0.2, -0.15) is 0 Å². The summed E-state index contributed by atoms with van der Waals surface area (Å²) in [4.78, 5) is 0. The molecule has 168 valence electrons. The van der Waals surface area contributed by atoms with E-state index in [4.69, 9.17) is 0 Å². The van der Waals surface area contributed by atoms with Crippen LogP contribution in [-0.2, 0) is 0 Å². The van der Waals surface area contributed by atoms with Crippen molar-refractivity contribution in [2.24, 2.45) is 50.7 Å². The van der Waals surface area contributed by atoms with E-state index in [0.717, 1.165) is 23.7 Å². The molecule has 3 saturated carbocycles. The normalized spacial score (nSPS) is 52.0. The molecule has 0 N–H and O–H groups in total. The molecule has 0 bridgehead atoms. The second-order valence-corrected chi connectivity index (χ2v) is 14.2. The summed E-state index contributed by atoms with van der Waals surface area (Å²) in [5.74, 6) is 3.34. The van der Waals surface area contributed by atoms with Gasteiger partial charge in [0.2, 0.25) is 0 Å². The molecule has 5 aliphatic carbocycles. The van der Waals surface area contributed by atoms with Gasteiger partial charge in [0.25, 0.3) is 0 Å². The molecule has 0 heterocycles. The fourth-order valence-corrected chi connectivity index (χ4v) is 10.7. The molecule has 7 atom stereocenters. The largest absolute Gasteiger partial charge is 0.0800 e. The first-order valence-corrected chi connectivity index (χ1v) is 13.3. The number of rotatable bonds is 1. The maximum absolute atomic E-state index is 2.76. The highest BCUT2D eigenvalue weighted by Crippen LogP contribution is 2.74. The van der Waals surface area contributed by atoms with E-state index in [2.05, 4.69) is 67.5 Å². The Labute approximate surface area is 187 Å². The topological polar surface area (TPSA) is 0 Å². The summed E-state index contributed by atoms with van der Waals surface area (Å²) >= 11 is 0. The van der Waals surface area contributed by atoms with Crippen molar-refractivity contribution in [3.8, 4) is 0 Å². The molecule has 0 aromatic rings. The van der Waals surface area contributed by atoms with Crippen LogP contribution in [0.25, 0.3) is 0 Å². The molecule has 0 amide bonds. The molecule has 0 nitrogen and oxygen atoms in total. The van der Waals surface area contributed by atoms with E-state index in [-0.39, 0.29) is 0 Å². The van der Waals surface area contributed by atoms with Crippen LogP contribution in [0.2, 0.25) is 0 Å². The molecule has 7 unspecified atom stereocenters. The van der Waals surface area contributed by atoms with E-state index in [1.807, 2.05) is 5.57 Å². The Hall–Kier alpha value is -0.520. The van der Waals surface area contributed by atoms with Crippen molar-refractivity contribution in [1.29, 1.82) is 0 Å². The van der Waals surface area contributed by atoms with Crippen LogP contribution in [0.15, 0.2) is 23.3 Å². The standard InChI is InChI=1S/C30H48/c1-20(2)21-10-11-22-23-12-13-25-28(6)16-9-15-26(3,4)24(28)14-17-30(25,8)29(23,7)19-18-27(21,22)5/h12-13,20-21,24-25H,9-11,14-19H2,1-8H3. The highest BCUT2D eigenvalue weighted by molar-refractivity contribution is 5.46. The lowest BCUT2D eigenvalue weighted by molar-refractivity contribution is -0.150. The van der Waals surface area contributed by atoms with Gasteiger partial charge in [-0.05, 0) is 108 Å². The van der Waals surface area contributed by atoms with Gasteiger partial charge < -0.3 is 0 Å². The smallest absolute Gasteiger partial charge is 0.00157 e. The van der Waals surface area contributed by atoms with E-state index < -0.39 is 0 Å². The molecule has 0 aliphatic heterocycles. The maximum Gasteiger partial charge on any atom is -0.00157 e. The molecule has 0 saturated heterocycles. The van der Waals surface area contributed by atoms with Crippen molar-refractivity contribution in [1.82, 2.24) is 0 Å². The van der Waals surface area contributed by atoms with E-state index >= 15 is 0 Å². The number of allylic oxidation sites excluding steroid dienone is 4. The predicted octanol–water partition coefficient (Wildman–Crippen LogP) is 8.97. The first kappa shape index (κ1) is 21.3. The first-order chi connectivity index (χ1) is 13.9. The minimum atomic E-state index is 0.378. The monoisotopic (exact) mass is 408 g/mol. The van der Waals surface area contributed by atoms with Crippen LogP contribution in [0.5, 0.6) is 0 Å².